The highest BCUT2D eigenvalue weighted by atomic mass is 19.1. The molecule has 0 radical (unpaired) electrons. The minimum atomic E-state index is -0.422. The molecule has 0 unspecified atom stereocenters. The second-order valence-electron chi connectivity index (χ2n) is 4.67. The molecule has 0 spiro atoms. The molecule has 2 rings (SSSR count). The second-order valence-corrected chi connectivity index (χ2v) is 4.67. The Bertz CT molecular complexity index is 401. The highest BCUT2D eigenvalue weighted by Crippen LogP contribution is 2.30. The maximum atomic E-state index is 13.5. The molecule has 2 nitrogen and oxygen atoms in total. The number of halogens is 1. The molecule has 1 saturated carbocycles. The van der Waals surface area contributed by atoms with Crippen LogP contribution in [-0.2, 0) is 0 Å². The fourth-order valence-electron chi connectivity index (χ4n) is 1.96. The van der Waals surface area contributed by atoms with Crippen LogP contribution in [0.1, 0.15) is 36.5 Å². The van der Waals surface area contributed by atoms with Crippen LogP contribution in [0.4, 0.5) is 4.39 Å². The number of carbonyl (C=O) groups is 1. The smallest absolute Gasteiger partial charge is 0.256 e. The lowest BCUT2D eigenvalue weighted by molar-refractivity contribution is 0.0743. The average molecular weight is 235 g/mol. The Balaban J connectivity index is 2.11. The summed E-state index contributed by atoms with van der Waals surface area (Å²) in [6.07, 6.45) is 3.31. The molecule has 17 heavy (non-hydrogen) atoms. The number of hydrogen-bond acceptors (Lipinski definition) is 1. The van der Waals surface area contributed by atoms with Crippen molar-refractivity contribution in [2.24, 2.45) is 5.92 Å². The number of nitrogens with zero attached hydrogens (tertiary/aromatic N) is 1. The maximum absolute atomic E-state index is 13.5. The van der Waals surface area contributed by atoms with Crippen LogP contribution < -0.4 is 0 Å². The minimum Gasteiger partial charge on any atom is -0.338 e. The molecule has 0 N–H and O–H groups in total. The Morgan fingerprint density at radius 2 is 2.12 bits per heavy atom. The zero-order valence-corrected chi connectivity index (χ0v) is 10.2. The van der Waals surface area contributed by atoms with Gasteiger partial charge in [-0.2, -0.15) is 0 Å². The molecule has 0 saturated heterocycles. The van der Waals surface area contributed by atoms with Crippen molar-refractivity contribution in [3.63, 3.8) is 0 Å². The predicted molar refractivity (Wildman–Crippen MR) is 65.3 cm³/mol. The van der Waals surface area contributed by atoms with Crippen molar-refractivity contribution in [1.29, 1.82) is 0 Å². The van der Waals surface area contributed by atoms with Gasteiger partial charge in [0, 0.05) is 13.1 Å². The minimum absolute atomic E-state index is 0.170. The third-order valence-corrected chi connectivity index (χ3v) is 3.06. The van der Waals surface area contributed by atoms with Gasteiger partial charge in [0.15, 0.2) is 0 Å². The summed E-state index contributed by atoms with van der Waals surface area (Å²) < 4.78 is 13.5. The van der Waals surface area contributed by atoms with E-state index in [1.54, 1.807) is 23.1 Å². The maximum Gasteiger partial charge on any atom is 0.256 e. The van der Waals surface area contributed by atoms with Gasteiger partial charge < -0.3 is 4.90 Å². The van der Waals surface area contributed by atoms with Gasteiger partial charge in [-0.25, -0.2) is 4.39 Å². The van der Waals surface area contributed by atoms with Gasteiger partial charge in [-0.1, -0.05) is 19.1 Å². The lowest BCUT2D eigenvalue weighted by Gasteiger charge is -2.22. The van der Waals surface area contributed by atoms with Crippen LogP contribution in [0.2, 0.25) is 0 Å². The standard InChI is InChI=1S/C14H18FNO/c1-2-9-16(10-11-7-8-11)14(17)12-5-3-4-6-13(12)15/h3-6,11H,2,7-10H2,1H3. The highest BCUT2D eigenvalue weighted by molar-refractivity contribution is 5.94. The first-order valence-corrected chi connectivity index (χ1v) is 6.26. The summed E-state index contributed by atoms with van der Waals surface area (Å²) in [5, 5.41) is 0. The van der Waals surface area contributed by atoms with Crippen molar-refractivity contribution in [3.05, 3.63) is 35.6 Å². The van der Waals surface area contributed by atoms with Crippen molar-refractivity contribution >= 4 is 5.91 Å². The van der Waals surface area contributed by atoms with Crippen LogP contribution in [0, 0.1) is 11.7 Å². The summed E-state index contributed by atoms with van der Waals surface area (Å²) in [5.41, 5.74) is 0.196. The van der Waals surface area contributed by atoms with Gasteiger partial charge in [0.1, 0.15) is 5.82 Å². The van der Waals surface area contributed by atoms with Gasteiger partial charge >= 0.3 is 0 Å². The number of rotatable bonds is 5. The van der Waals surface area contributed by atoms with Crippen LogP contribution >= 0.6 is 0 Å². The van der Waals surface area contributed by atoms with Crippen LogP contribution in [-0.4, -0.2) is 23.9 Å². The molecule has 1 aromatic rings. The number of benzene rings is 1. The Labute approximate surface area is 101 Å². The lowest BCUT2D eigenvalue weighted by atomic mass is 10.1. The van der Waals surface area contributed by atoms with Gasteiger partial charge in [-0.05, 0) is 37.3 Å². The van der Waals surface area contributed by atoms with Crippen molar-refractivity contribution in [3.8, 4) is 0 Å². The number of amides is 1. The topological polar surface area (TPSA) is 20.3 Å². The highest BCUT2D eigenvalue weighted by Gasteiger charge is 2.27. The van der Waals surface area contributed by atoms with Gasteiger partial charge in [-0.15, -0.1) is 0 Å². The SMILES string of the molecule is CCCN(CC1CC1)C(=O)c1ccccc1F. The molecule has 1 amide bonds. The largest absolute Gasteiger partial charge is 0.338 e. The summed E-state index contributed by atoms with van der Waals surface area (Å²) in [5.74, 6) is 0.0449. The van der Waals surface area contributed by atoms with E-state index >= 15 is 0 Å². The summed E-state index contributed by atoms with van der Waals surface area (Å²) >= 11 is 0. The molecule has 0 heterocycles. The third kappa shape index (κ3) is 3.05. The van der Waals surface area contributed by atoms with E-state index in [2.05, 4.69) is 0 Å². The molecule has 1 fully saturated rings. The average Bonchev–Trinajstić information content (AvgIpc) is 3.12. The van der Waals surface area contributed by atoms with Gasteiger partial charge in [0.2, 0.25) is 0 Å². The quantitative estimate of drug-likeness (QED) is 0.768. The molecule has 0 aliphatic heterocycles. The molecular weight excluding hydrogens is 217 g/mol. The van der Waals surface area contributed by atoms with E-state index < -0.39 is 5.82 Å². The van der Waals surface area contributed by atoms with Crippen LogP contribution in [0.3, 0.4) is 0 Å². The number of hydrogen-bond donors (Lipinski definition) is 0. The van der Waals surface area contributed by atoms with E-state index in [9.17, 15) is 9.18 Å². The van der Waals surface area contributed by atoms with E-state index in [0.29, 0.717) is 12.5 Å². The summed E-state index contributed by atoms with van der Waals surface area (Å²) in [4.78, 5) is 14.0. The molecule has 0 atom stereocenters. The first-order valence-electron chi connectivity index (χ1n) is 6.26. The van der Waals surface area contributed by atoms with Crippen molar-refractivity contribution in [2.75, 3.05) is 13.1 Å². The zero-order valence-electron chi connectivity index (χ0n) is 10.2. The van der Waals surface area contributed by atoms with Crippen molar-refractivity contribution in [1.82, 2.24) is 4.90 Å². The monoisotopic (exact) mass is 235 g/mol. The Morgan fingerprint density at radius 3 is 2.71 bits per heavy atom. The third-order valence-electron chi connectivity index (χ3n) is 3.06. The van der Waals surface area contributed by atoms with E-state index in [0.717, 1.165) is 13.0 Å². The van der Waals surface area contributed by atoms with Crippen LogP contribution in [0.5, 0.6) is 0 Å². The lowest BCUT2D eigenvalue weighted by Crippen LogP contribution is -2.34. The van der Waals surface area contributed by atoms with Crippen molar-refractivity contribution in [2.45, 2.75) is 26.2 Å². The van der Waals surface area contributed by atoms with E-state index in [4.69, 9.17) is 0 Å². The van der Waals surface area contributed by atoms with Crippen LogP contribution in [0.15, 0.2) is 24.3 Å². The molecule has 92 valence electrons. The molecule has 0 bridgehead atoms. The Hall–Kier alpha value is -1.38. The van der Waals surface area contributed by atoms with Gasteiger partial charge in [-0.3, -0.25) is 4.79 Å². The molecule has 1 aliphatic carbocycles. The predicted octanol–water partition coefficient (Wildman–Crippen LogP) is 3.09. The van der Waals surface area contributed by atoms with E-state index in [1.807, 2.05) is 6.92 Å². The Kier molecular flexibility index (Phi) is 3.77. The summed E-state index contributed by atoms with van der Waals surface area (Å²) in [6, 6.07) is 6.22. The molecule has 3 heteroatoms. The van der Waals surface area contributed by atoms with Gasteiger partial charge in [0.25, 0.3) is 5.91 Å². The number of carbonyl (C=O) groups excluding carboxylic acids is 1. The first-order chi connectivity index (χ1) is 8.22. The molecule has 1 aromatic carbocycles. The van der Waals surface area contributed by atoms with E-state index in [-0.39, 0.29) is 11.5 Å². The normalized spacial score (nSPS) is 14.7. The van der Waals surface area contributed by atoms with E-state index in [1.165, 1.54) is 18.9 Å². The Morgan fingerprint density at radius 1 is 1.41 bits per heavy atom. The second kappa shape index (κ2) is 5.30. The molecule has 1 aliphatic rings. The van der Waals surface area contributed by atoms with Gasteiger partial charge in [0.05, 0.1) is 5.56 Å². The molecule has 0 aromatic heterocycles. The van der Waals surface area contributed by atoms with Crippen molar-refractivity contribution < 1.29 is 9.18 Å². The molecular formula is C14H18FNO. The fourth-order valence-corrected chi connectivity index (χ4v) is 1.96. The first kappa shape index (κ1) is 12.1. The fraction of sp³-hybridized carbons (Fsp3) is 0.500. The zero-order chi connectivity index (χ0) is 12.3. The van der Waals surface area contributed by atoms with Crippen LogP contribution in [0.25, 0.3) is 0 Å². The summed E-state index contributed by atoms with van der Waals surface area (Å²) in [6.45, 7) is 3.53. The summed E-state index contributed by atoms with van der Waals surface area (Å²) in [7, 11) is 0.